The number of sulfonamides is 1. The number of carbonyl (C=O) groups is 3. The van der Waals surface area contributed by atoms with E-state index in [1.165, 1.54) is 19.2 Å². The maximum Gasteiger partial charge on any atom is 0.326 e. The third kappa shape index (κ3) is 5.05. The summed E-state index contributed by atoms with van der Waals surface area (Å²) in [7, 11) is -3.08. The number of aromatic amines is 1. The van der Waals surface area contributed by atoms with E-state index < -0.39 is 55.9 Å². The summed E-state index contributed by atoms with van der Waals surface area (Å²) in [6.45, 7) is 3.18. The normalized spacial score (nSPS) is 18.0. The monoisotopic (exact) mass is 618 g/mol. The predicted octanol–water partition coefficient (Wildman–Crippen LogP) is 2.54. The summed E-state index contributed by atoms with van der Waals surface area (Å²) in [5.41, 5.74) is 4.81. The number of rotatable bonds is 8. The van der Waals surface area contributed by atoms with Crippen molar-refractivity contribution in [3.63, 3.8) is 0 Å². The maximum atomic E-state index is 13.9. The summed E-state index contributed by atoms with van der Waals surface area (Å²) in [6, 6.07) is 3.69. The van der Waals surface area contributed by atoms with E-state index in [1.54, 1.807) is 18.7 Å². The number of carboxylic acid groups (broad SMARTS) is 1. The smallest absolute Gasteiger partial charge is 0.326 e. The molecular formula is C27H28F2N6O7S. The van der Waals surface area contributed by atoms with Crippen LogP contribution in [0.3, 0.4) is 0 Å². The Balaban J connectivity index is 1.50. The van der Waals surface area contributed by atoms with Crippen molar-refractivity contribution in [2.24, 2.45) is 5.73 Å². The lowest BCUT2D eigenvalue weighted by molar-refractivity contribution is -0.138. The lowest BCUT2D eigenvalue weighted by Gasteiger charge is -2.30. The second-order valence-electron chi connectivity index (χ2n) is 10.7. The highest BCUT2D eigenvalue weighted by Crippen LogP contribution is 2.44. The molecule has 2 aliphatic rings. The van der Waals surface area contributed by atoms with Crippen LogP contribution in [-0.4, -0.2) is 65.5 Å². The molecule has 5 N–H and O–H groups in total. The standard InChI is InChI=1S/C27H28F2N6O7S/c1-27(2)22-18(12-35(27)43(40,41)15-8-13(28)7-14(29)9-15)24(33-32-22)31-25(37)17-10-20(21(42-3)11-16(17)23(30)36)34-6-4-5-19(34)26(38)39/h7-11,19H,4-6,12H2,1-3H3,(H2,30,36)(H,38,39)(H2,31,32,33,37)/t19-/m0/s1. The number of hydrogen-bond acceptors (Lipinski definition) is 8. The van der Waals surface area contributed by atoms with Crippen LogP contribution in [0.15, 0.2) is 35.2 Å². The number of anilines is 2. The minimum absolute atomic E-state index is 0.0476. The van der Waals surface area contributed by atoms with Crippen LogP contribution in [-0.2, 0) is 26.9 Å². The molecule has 43 heavy (non-hydrogen) atoms. The Morgan fingerprint density at radius 2 is 1.81 bits per heavy atom. The Kier molecular flexibility index (Phi) is 7.38. The van der Waals surface area contributed by atoms with Gasteiger partial charge < -0.3 is 25.8 Å². The Morgan fingerprint density at radius 1 is 1.14 bits per heavy atom. The summed E-state index contributed by atoms with van der Waals surface area (Å²) in [5.74, 6) is -4.85. The van der Waals surface area contributed by atoms with E-state index >= 15 is 0 Å². The molecule has 13 nitrogen and oxygen atoms in total. The van der Waals surface area contributed by atoms with Crippen molar-refractivity contribution in [2.45, 2.75) is 49.7 Å². The number of carbonyl (C=O) groups excluding carboxylic acids is 2. The second kappa shape index (κ2) is 10.6. The number of nitrogens with one attached hydrogen (secondary N) is 2. The quantitative estimate of drug-likeness (QED) is 0.294. The number of nitrogens with zero attached hydrogens (tertiary/aromatic N) is 3. The number of aromatic nitrogens is 2. The average molecular weight is 619 g/mol. The fourth-order valence-corrected chi connectivity index (χ4v) is 7.39. The van der Waals surface area contributed by atoms with Crippen LogP contribution in [0.5, 0.6) is 5.75 Å². The highest BCUT2D eigenvalue weighted by molar-refractivity contribution is 7.89. The number of nitrogens with two attached hydrogens (primary N) is 1. The minimum atomic E-state index is -4.42. The van der Waals surface area contributed by atoms with Gasteiger partial charge in [0.2, 0.25) is 15.9 Å². The largest absolute Gasteiger partial charge is 0.495 e. The Hall–Kier alpha value is -4.57. The second-order valence-corrected chi connectivity index (χ2v) is 12.5. The van der Waals surface area contributed by atoms with E-state index in [4.69, 9.17) is 10.5 Å². The predicted molar refractivity (Wildman–Crippen MR) is 148 cm³/mol. The number of amides is 2. The van der Waals surface area contributed by atoms with Crippen LogP contribution in [0.25, 0.3) is 0 Å². The zero-order valence-corrected chi connectivity index (χ0v) is 24.1. The molecule has 0 aliphatic carbocycles. The lowest BCUT2D eigenvalue weighted by Crippen LogP contribution is -2.40. The first-order valence-electron chi connectivity index (χ1n) is 13.1. The van der Waals surface area contributed by atoms with Gasteiger partial charge in [0.05, 0.1) is 40.1 Å². The van der Waals surface area contributed by atoms with E-state index in [-0.39, 0.29) is 34.9 Å². The van der Waals surface area contributed by atoms with Gasteiger partial charge in [0.15, 0.2) is 5.82 Å². The van der Waals surface area contributed by atoms with Crippen LogP contribution in [0.1, 0.15) is 58.7 Å². The molecule has 5 rings (SSSR count). The average Bonchev–Trinajstić information content (AvgIpc) is 3.63. The topological polar surface area (TPSA) is 188 Å². The van der Waals surface area contributed by atoms with Crippen LogP contribution >= 0.6 is 0 Å². The zero-order chi connectivity index (χ0) is 31.4. The van der Waals surface area contributed by atoms with Gasteiger partial charge in [-0.1, -0.05) is 0 Å². The molecule has 2 amide bonds. The number of methoxy groups -OCH3 is 1. The third-order valence-electron chi connectivity index (χ3n) is 7.74. The van der Waals surface area contributed by atoms with Crippen molar-refractivity contribution < 1.29 is 41.4 Å². The number of H-pyrrole nitrogens is 1. The number of benzene rings is 2. The van der Waals surface area contributed by atoms with Gasteiger partial charge in [0.25, 0.3) is 5.91 Å². The van der Waals surface area contributed by atoms with Gasteiger partial charge in [0.1, 0.15) is 23.4 Å². The summed E-state index contributed by atoms with van der Waals surface area (Å²) in [4.78, 5) is 38.8. The Bertz CT molecular complexity index is 1750. The highest BCUT2D eigenvalue weighted by atomic mass is 32.2. The first-order chi connectivity index (χ1) is 20.2. The fraction of sp³-hybridized carbons (Fsp3) is 0.333. The molecule has 1 saturated heterocycles. The first-order valence-corrected chi connectivity index (χ1v) is 14.5. The number of hydrogen-bond donors (Lipinski definition) is 4. The molecular weight excluding hydrogens is 590 g/mol. The molecule has 1 aromatic heterocycles. The van der Waals surface area contributed by atoms with Crippen molar-refractivity contribution in [3.8, 4) is 5.75 Å². The molecule has 2 aromatic carbocycles. The molecule has 1 atom stereocenters. The van der Waals surface area contributed by atoms with Crippen molar-refractivity contribution in [1.82, 2.24) is 14.5 Å². The van der Waals surface area contributed by atoms with Gasteiger partial charge in [-0.3, -0.25) is 14.7 Å². The SMILES string of the molecule is COc1cc(C(N)=O)c(C(=O)Nc2n[nH]c3c2CN(S(=O)(=O)c2cc(F)cc(F)c2)C3(C)C)cc1N1CCC[C@H]1C(=O)O. The number of halogens is 2. The summed E-state index contributed by atoms with van der Waals surface area (Å²) in [5, 5.41) is 19.1. The summed E-state index contributed by atoms with van der Waals surface area (Å²) >= 11 is 0. The van der Waals surface area contributed by atoms with Gasteiger partial charge in [-0.25, -0.2) is 22.0 Å². The van der Waals surface area contributed by atoms with Crippen LogP contribution < -0.4 is 20.7 Å². The number of ether oxygens (including phenoxy) is 1. The van der Waals surface area contributed by atoms with Gasteiger partial charge in [-0.15, -0.1) is 0 Å². The van der Waals surface area contributed by atoms with E-state index in [9.17, 15) is 36.7 Å². The Morgan fingerprint density at radius 3 is 2.42 bits per heavy atom. The van der Waals surface area contributed by atoms with E-state index in [0.717, 1.165) is 4.31 Å². The number of fused-ring (bicyclic) bond motifs is 1. The number of primary amides is 1. The molecule has 3 aromatic rings. The van der Waals surface area contributed by atoms with E-state index in [0.29, 0.717) is 48.8 Å². The molecule has 0 spiro atoms. The molecule has 0 radical (unpaired) electrons. The van der Waals surface area contributed by atoms with Crippen LogP contribution in [0, 0.1) is 11.6 Å². The van der Waals surface area contributed by atoms with Gasteiger partial charge >= 0.3 is 5.97 Å². The highest BCUT2D eigenvalue weighted by Gasteiger charge is 2.48. The van der Waals surface area contributed by atoms with Crippen molar-refractivity contribution in [2.75, 3.05) is 23.9 Å². The van der Waals surface area contributed by atoms with Crippen LogP contribution in [0.4, 0.5) is 20.3 Å². The van der Waals surface area contributed by atoms with E-state index in [2.05, 4.69) is 15.5 Å². The van der Waals surface area contributed by atoms with Gasteiger partial charge in [0, 0.05) is 24.7 Å². The molecule has 228 valence electrons. The molecule has 16 heteroatoms. The van der Waals surface area contributed by atoms with Crippen molar-refractivity contribution >= 4 is 39.3 Å². The van der Waals surface area contributed by atoms with E-state index in [1.807, 2.05) is 0 Å². The molecule has 0 bridgehead atoms. The van der Waals surface area contributed by atoms with Crippen LogP contribution in [0.2, 0.25) is 0 Å². The minimum Gasteiger partial charge on any atom is -0.495 e. The summed E-state index contributed by atoms with van der Waals surface area (Å²) < 4.78 is 61.1. The lowest BCUT2D eigenvalue weighted by atomic mass is 10.0. The van der Waals surface area contributed by atoms with Gasteiger partial charge in [-0.05, 0) is 51.0 Å². The number of aliphatic carboxylic acids is 1. The van der Waals surface area contributed by atoms with Crippen molar-refractivity contribution in [3.05, 3.63) is 64.4 Å². The Labute approximate surface area is 244 Å². The first kappa shape index (κ1) is 29.9. The number of carboxylic acids is 1. The molecule has 0 saturated carbocycles. The molecule has 0 unspecified atom stereocenters. The zero-order valence-electron chi connectivity index (χ0n) is 23.3. The third-order valence-corrected chi connectivity index (χ3v) is 9.73. The fourth-order valence-electron chi connectivity index (χ4n) is 5.62. The summed E-state index contributed by atoms with van der Waals surface area (Å²) in [6.07, 6.45) is 0.949. The molecule has 2 aliphatic heterocycles. The molecule has 3 heterocycles. The maximum absolute atomic E-state index is 13.9. The van der Waals surface area contributed by atoms with Gasteiger partial charge in [-0.2, -0.15) is 9.40 Å². The molecule has 1 fully saturated rings. The van der Waals surface area contributed by atoms with Crippen molar-refractivity contribution in [1.29, 1.82) is 0 Å².